The molecule has 4 rings (SSSR count). The molecule has 1 aliphatic heterocycles. The van der Waals surface area contributed by atoms with E-state index in [9.17, 15) is 4.79 Å². The fourth-order valence-electron chi connectivity index (χ4n) is 2.27. The lowest BCUT2D eigenvalue weighted by Gasteiger charge is -2.18. The van der Waals surface area contributed by atoms with Crippen molar-refractivity contribution in [3.05, 3.63) is 36.7 Å². The number of thioether (sulfide) groups is 1. The molecule has 0 saturated carbocycles. The molecule has 8 nitrogen and oxygen atoms in total. The Morgan fingerprint density at radius 3 is 3.04 bits per heavy atom. The molecule has 1 N–H and O–H groups in total. The monoisotopic (exact) mass is 343 g/mol. The van der Waals surface area contributed by atoms with Crippen molar-refractivity contribution in [3.63, 3.8) is 0 Å². The number of hydrogen-bond acceptors (Lipinski definition) is 7. The van der Waals surface area contributed by atoms with E-state index < -0.39 is 0 Å². The highest BCUT2D eigenvalue weighted by Gasteiger charge is 2.14. The second kappa shape index (κ2) is 6.36. The maximum atomic E-state index is 12.1. The molecule has 9 heteroatoms. The van der Waals surface area contributed by atoms with E-state index >= 15 is 0 Å². The van der Waals surface area contributed by atoms with Crippen molar-refractivity contribution in [3.8, 4) is 11.5 Å². The van der Waals surface area contributed by atoms with Crippen LogP contribution in [0.3, 0.4) is 0 Å². The van der Waals surface area contributed by atoms with Crippen LogP contribution in [0.5, 0.6) is 11.5 Å². The molecule has 122 valence electrons. The number of nitrogens with zero attached hydrogens (tertiary/aromatic N) is 4. The van der Waals surface area contributed by atoms with Crippen LogP contribution in [0.1, 0.15) is 0 Å². The van der Waals surface area contributed by atoms with E-state index in [-0.39, 0.29) is 11.7 Å². The number of aromatic nitrogens is 4. The number of fused-ring (bicyclic) bond motifs is 2. The van der Waals surface area contributed by atoms with Gasteiger partial charge in [-0.2, -0.15) is 0 Å². The molecule has 24 heavy (non-hydrogen) atoms. The predicted molar refractivity (Wildman–Crippen MR) is 87.6 cm³/mol. The number of anilines is 1. The zero-order valence-electron chi connectivity index (χ0n) is 12.5. The van der Waals surface area contributed by atoms with Crippen molar-refractivity contribution in [2.24, 2.45) is 0 Å². The van der Waals surface area contributed by atoms with Crippen LogP contribution in [0.2, 0.25) is 0 Å². The first-order chi connectivity index (χ1) is 11.8. The number of nitrogens with one attached hydrogen (secondary N) is 1. The molecule has 0 spiro atoms. The number of ether oxygens (including phenoxy) is 2. The van der Waals surface area contributed by atoms with Gasteiger partial charge in [0.05, 0.1) is 5.75 Å². The first-order valence-electron chi connectivity index (χ1n) is 7.28. The van der Waals surface area contributed by atoms with Crippen LogP contribution in [0.25, 0.3) is 5.78 Å². The Kier molecular flexibility index (Phi) is 3.91. The SMILES string of the molecule is O=C(CSc1nnc2ncccn12)Nc1ccc2c(c1)OCCO2. The van der Waals surface area contributed by atoms with Crippen LogP contribution >= 0.6 is 11.8 Å². The van der Waals surface area contributed by atoms with E-state index in [0.717, 1.165) is 0 Å². The summed E-state index contributed by atoms with van der Waals surface area (Å²) in [6.07, 6.45) is 3.45. The summed E-state index contributed by atoms with van der Waals surface area (Å²) in [5.41, 5.74) is 0.664. The van der Waals surface area contributed by atoms with Gasteiger partial charge in [0.15, 0.2) is 16.7 Å². The lowest BCUT2D eigenvalue weighted by atomic mass is 10.2. The van der Waals surface area contributed by atoms with E-state index in [1.54, 1.807) is 34.9 Å². The summed E-state index contributed by atoms with van der Waals surface area (Å²) in [6.45, 7) is 1.05. The maximum absolute atomic E-state index is 12.1. The number of rotatable bonds is 4. The van der Waals surface area contributed by atoms with Crippen molar-refractivity contribution in [2.75, 3.05) is 24.3 Å². The number of carbonyl (C=O) groups is 1. The maximum Gasteiger partial charge on any atom is 0.255 e. The third-order valence-electron chi connectivity index (χ3n) is 3.32. The largest absolute Gasteiger partial charge is 0.486 e. The van der Waals surface area contributed by atoms with Crippen LogP contribution in [0.15, 0.2) is 41.8 Å². The van der Waals surface area contributed by atoms with Crippen LogP contribution in [0, 0.1) is 0 Å². The normalized spacial score (nSPS) is 13.0. The van der Waals surface area contributed by atoms with Gasteiger partial charge in [0.1, 0.15) is 13.2 Å². The van der Waals surface area contributed by atoms with Crippen molar-refractivity contribution >= 4 is 29.1 Å². The third-order valence-corrected chi connectivity index (χ3v) is 4.26. The van der Waals surface area contributed by atoms with E-state index in [1.807, 2.05) is 6.20 Å². The van der Waals surface area contributed by atoms with Gasteiger partial charge in [-0.05, 0) is 18.2 Å². The molecule has 1 amide bonds. The molecule has 0 atom stereocenters. The van der Waals surface area contributed by atoms with E-state index in [1.165, 1.54) is 11.8 Å². The predicted octanol–water partition coefficient (Wildman–Crippen LogP) is 1.63. The first-order valence-corrected chi connectivity index (χ1v) is 8.26. The first kappa shape index (κ1) is 14.8. The molecule has 2 aromatic heterocycles. The molecule has 3 heterocycles. The molecular weight excluding hydrogens is 330 g/mol. The summed E-state index contributed by atoms with van der Waals surface area (Å²) in [5, 5.41) is 11.4. The summed E-state index contributed by atoms with van der Waals surface area (Å²) in [5.74, 6) is 1.91. The van der Waals surface area contributed by atoms with Gasteiger partial charge in [0.25, 0.3) is 5.78 Å². The molecule has 0 saturated heterocycles. The Bertz CT molecular complexity index is 898. The number of benzene rings is 1. The van der Waals surface area contributed by atoms with Gasteiger partial charge >= 0.3 is 0 Å². The van der Waals surface area contributed by atoms with Gasteiger partial charge in [-0.25, -0.2) is 4.98 Å². The van der Waals surface area contributed by atoms with Crippen molar-refractivity contribution in [1.82, 2.24) is 19.6 Å². The molecule has 0 unspecified atom stereocenters. The average molecular weight is 343 g/mol. The summed E-state index contributed by atoms with van der Waals surface area (Å²) < 4.78 is 12.7. The summed E-state index contributed by atoms with van der Waals surface area (Å²) in [6, 6.07) is 7.12. The topological polar surface area (TPSA) is 90.6 Å². The highest BCUT2D eigenvalue weighted by molar-refractivity contribution is 7.99. The Labute approximate surface area is 141 Å². The Morgan fingerprint density at radius 2 is 2.12 bits per heavy atom. The van der Waals surface area contributed by atoms with Crippen molar-refractivity contribution in [2.45, 2.75) is 5.16 Å². The lowest BCUT2D eigenvalue weighted by Crippen LogP contribution is -2.17. The van der Waals surface area contributed by atoms with Crippen LogP contribution in [-0.4, -0.2) is 44.5 Å². The molecule has 0 fully saturated rings. The summed E-state index contributed by atoms with van der Waals surface area (Å²) >= 11 is 1.29. The smallest absolute Gasteiger partial charge is 0.255 e. The van der Waals surface area contributed by atoms with E-state index in [4.69, 9.17) is 9.47 Å². The molecule has 0 aliphatic carbocycles. The second-order valence-corrected chi connectivity index (χ2v) is 5.91. The van der Waals surface area contributed by atoms with Crippen LogP contribution in [0.4, 0.5) is 5.69 Å². The zero-order valence-corrected chi connectivity index (χ0v) is 13.3. The van der Waals surface area contributed by atoms with Gasteiger partial charge in [0.2, 0.25) is 5.91 Å². The van der Waals surface area contributed by atoms with Crippen molar-refractivity contribution in [1.29, 1.82) is 0 Å². The fraction of sp³-hybridized carbons (Fsp3) is 0.200. The van der Waals surface area contributed by atoms with Crippen molar-refractivity contribution < 1.29 is 14.3 Å². The molecule has 0 radical (unpaired) electrons. The molecule has 1 aromatic carbocycles. The Balaban J connectivity index is 1.40. The number of amides is 1. The van der Waals surface area contributed by atoms with Crippen LogP contribution < -0.4 is 14.8 Å². The highest BCUT2D eigenvalue weighted by atomic mass is 32.2. The van der Waals surface area contributed by atoms with Gasteiger partial charge in [-0.1, -0.05) is 11.8 Å². The minimum Gasteiger partial charge on any atom is -0.486 e. The molecule has 0 bridgehead atoms. The summed E-state index contributed by atoms with van der Waals surface area (Å²) in [4.78, 5) is 16.2. The van der Waals surface area contributed by atoms with Gasteiger partial charge in [-0.3, -0.25) is 9.20 Å². The van der Waals surface area contributed by atoms with Crippen LogP contribution in [-0.2, 0) is 4.79 Å². The minimum absolute atomic E-state index is 0.141. The second-order valence-electron chi connectivity index (χ2n) is 4.97. The molecule has 1 aliphatic rings. The number of carbonyl (C=O) groups excluding carboxylic acids is 1. The Morgan fingerprint density at radius 1 is 1.25 bits per heavy atom. The Hall–Kier alpha value is -2.81. The lowest BCUT2D eigenvalue weighted by molar-refractivity contribution is -0.113. The fourth-order valence-corrected chi connectivity index (χ4v) is 2.98. The third kappa shape index (κ3) is 2.98. The average Bonchev–Trinajstić information content (AvgIpc) is 3.03. The molecule has 3 aromatic rings. The van der Waals surface area contributed by atoms with E-state index in [0.29, 0.717) is 41.3 Å². The zero-order chi connectivity index (χ0) is 16.4. The standard InChI is InChI=1S/C15H13N5O3S/c21-13(9-24-15-19-18-14-16-4-1-5-20(14)15)17-10-2-3-11-12(8-10)23-7-6-22-11/h1-5,8H,6-7,9H2,(H,17,21). The minimum atomic E-state index is -0.141. The quantitative estimate of drug-likeness (QED) is 0.720. The van der Waals surface area contributed by atoms with Gasteiger partial charge in [-0.15, -0.1) is 10.2 Å². The number of hydrogen-bond donors (Lipinski definition) is 1. The summed E-state index contributed by atoms with van der Waals surface area (Å²) in [7, 11) is 0. The van der Waals surface area contributed by atoms with Gasteiger partial charge < -0.3 is 14.8 Å². The van der Waals surface area contributed by atoms with Gasteiger partial charge in [0, 0.05) is 24.1 Å². The molecular formula is C15H13N5O3S. The highest BCUT2D eigenvalue weighted by Crippen LogP contribution is 2.32. The van der Waals surface area contributed by atoms with E-state index in [2.05, 4.69) is 20.5 Å².